The lowest BCUT2D eigenvalue weighted by molar-refractivity contribution is -0.161. The largest absolute Gasteiger partial charge is 0.472 e. The average molecular weight is 1540 g/mol. The summed E-state index contributed by atoms with van der Waals surface area (Å²) < 4.78 is 68.9. The third-order valence-corrected chi connectivity index (χ3v) is 22.4. The maximum Gasteiger partial charge on any atom is 0.472 e. The Morgan fingerprint density at radius 3 is 0.724 bits per heavy atom. The highest BCUT2D eigenvalue weighted by molar-refractivity contribution is 7.47. The maximum atomic E-state index is 13.2. The second kappa shape index (κ2) is 76.1. The van der Waals surface area contributed by atoms with Crippen molar-refractivity contribution < 1.29 is 80.2 Å². The van der Waals surface area contributed by atoms with Crippen LogP contribution in [0.2, 0.25) is 0 Å². The van der Waals surface area contributed by atoms with E-state index in [4.69, 9.17) is 37.0 Å². The summed E-state index contributed by atoms with van der Waals surface area (Å²) in [6.45, 7) is 12.0. The molecule has 0 radical (unpaired) electrons. The van der Waals surface area contributed by atoms with Crippen LogP contribution >= 0.6 is 15.6 Å². The molecule has 0 aliphatic carbocycles. The van der Waals surface area contributed by atoms with E-state index in [0.29, 0.717) is 25.7 Å². The molecule has 0 saturated carbocycles. The Kier molecular flexibility index (Phi) is 74.7. The summed E-state index contributed by atoms with van der Waals surface area (Å²) in [4.78, 5) is 73.2. The summed E-state index contributed by atoms with van der Waals surface area (Å²) >= 11 is 0. The molecular weight excluding hydrogens is 1370 g/mol. The first kappa shape index (κ1) is 103. The minimum atomic E-state index is -4.97. The van der Waals surface area contributed by atoms with Crippen molar-refractivity contribution in [3.63, 3.8) is 0 Å². The molecule has 17 nitrogen and oxygen atoms in total. The Labute approximate surface area is 645 Å². The molecule has 0 saturated heterocycles. The second-order valence-electron chi connectivity index (χ2n) is 32.1. The number of carbonyl (C=O) groups excluding carboxylic acids is 4. The molecular formula is C86H168O17P2. The van der Waals surface area contributed by atoms with E-state index in [9.17, 15) is 43.2 Å². The lowest BCUT2D eigenvalue weighted by atomic mass is 9.99. The molecule has 3 unspecified atom stereocenters. The van der Waals surface area contributed by atoms with Crippen LogP contribution in [0.15, 0.2) is 0 Å². The van der Waals surface area contributed by atoms with Gasteiger partial charge in [0.2, 0.25) is 0 Å². The Morgan fingerprint density at radius 2 is 0.486 bits per heavy atom. The molecule has 6 atom stereocenters. The fourth-order valence-corrected chi connectivity index (χ4v) is 14.9. The van der Waals surface area contributed by atoms with Crippen LogP contribution in [-0.4, -0.2) is 96.7 Å². The molecule has 0 fully saturated rings. The Balaban J connectivity index is 5.25. The molecule has 624 valence electrons. The first-order valence-electron chi connectivity index (χ1n) is 44.4. The van der Waals surface area contributed by atoms with Gasteiger partial charge in [-0.3, -0.25) is 37.3 Å². The molecule has 19 heteroatoms. The molecule has 0 aromatic heterocycles. The fourth-order valence-electron chi connectivity index (χ4n) is 13.3. The van der Waals surface area contributed by atoms with Crippen molar-refractivity contribution in [3.05, 3.63) is 0 Å². The second-order valence-corrected chi connectivity index (χ2v) is 35.0. The smallest absolute Gasteiger partial charge is 0.462 e. The van der Waals surface area contributed by atoms with E-state index >= 15 is 0 Å². The van der Waals surface area contributed by atoms with Crippen molar-refractivity contribution in [3.8, 4) is 0 Å². The molecule has 0 spiro atoms. The van der Waals surface area contributed by atoms with Crippen LogP contribution in [0.1, 0.15) is 453 Å². The zero-order valence-electron chi connectivity index (χ0n) is 69.2. The number of rotatable bonds is 84. The molecule has 105 heavy (non-hydrogen) atoms. The summed E-state index contributed by atoms with van der Waals surface area (Å²) in [5.74, 6) is 0.258. The molecule has 0 aromatic carbocycles. The van der Waals surface area contributed by atoms with Crippen LogP contribution in [0.4, 0.5) is 0 Å². The number of aliphatic hydroxyl groups is 1. The number of unbranched alkanes of at least 4 members (excludes halogenated alkanes) is 51. The minimum absolute atomic E-state index is 0.106. The molecule has 0 heterocycles. The third-order valence-electron chi connectivity index (χ3n) is 20.5. The molecule has 0 rings (SSSR count). The topological polar surface area (TPSA) is 237 Å². The lowest BCUT2D eigenvalue weighted by Crippen LogP contribution is -2.30. The van der Waals surface area contributed by atoms with Gasteiger partial charge in [-0.1, -0.05) is 402 Å². The van der Waals surface area contributed by atoms with E-state index in [-0.39, 0.29) is 25.7 Å². The number of carbonyl (C=O) groups is 4. The zero-order valence-corrected chi connectivity index (χ0v) is 71.0. The lowest BCUT2D eigenvalue weighted by Gasteiger charge is -2.21. The highest BCUT2D eigenvalue weighted by Gasteiger charge is 2.30. The van der Waals surface area contributed by atoms with Gasteiger partial charge in [-0.25, -0.2) is 9.13 Å². The molecule has 0 aromatic rings. The van der Waals surface area contributed by atoms with Crippen LogP contribution in [0.25, 0.3) is 0 Å². The molecule has 0 amide bonds. The number of hydrogen-bond acceptors (Lipinski definition) is 15. The molecule has 0 aliphatic heterocycles. The van der Waals surface area contributed by atoms with E-state index in [0.717, 1.165) is 108 Å². The van der Waals surface area contributed by atoms with Gasteiger partial charge in [0.15, 0.2) is 12.2 Å². The van der Waals surface area contributed by atoms with Gasteiger partial charge < -0.3 is 33.8 Å². The monoisotopic (exact) mass is 1540 g/mol. The predicted octanol–water partition coefficient (Wildman–Crippen LogP) is 26.1. The predicted molar refractivity (Wildman–Crippen MR) is 432 cm³/mol. The van der Waals surface area contributed by atoms with Crippen molar-refractivity contribution in [1.29, 1.82) is 0 Å². The number of aliphatic hydroxyl groups excluding tert-OH is 1. The number of hydrogen-bond donors (Lipinski definition) is 3. The van der Waals surface area contributed by atoms with Crippen LogP contribution in [0, 0.1) is 17.8 Å². The van der Waals surface area contributed by atoms with Gasteiger partial charge in [0.1, 0.15) is 19.3 Å². The summed E-state index contributed by atoms with van der Waals surface area (Å²) in [7, 11) is -9.93. The fraction of sp³-hybridized carbons (Fsp3) is 0.953. The van der Waals surface area contributed by atoms with E-state index in [1.54, 1.807) is 0 Å². The summed E-state index contributed by atoms with van der Waals surface area (Å²) in [5.41, 5.74) is 0. The van der Waals surface area contributed by atoms with Crippen molar-refractivity contribution in [2.75, 3.05) is 39.6 Å². The van der Waals surface area contributed by atoms with Gasteiger partial charge in [-0.2, -0.15) is 0 Å². The molecule has 0 aliphatic rings. The number of ether oxygens (including phenoxy) is 4. The van der Waals surface area contributed by atoms with Crippen LogP contribution < -0.4 is 0 Å². The van der Waals surface area contributed by atoms with Gasteiger partial charge in [0.05, 0.1) is 26.4 Å². The maximum absolute atomic E-state index is 13.2. The van der Waals surface area contributed by atoms with Gasteiger partial charge in [0, 0.05) is 25.7 Å². The average Bonchev–Trinajstić information content (AvgIpc) is 0.914. The standard InChI is InChI=1S/C86H168O17P2/c1-8-10-11-12-13-14-15-16-17-18-22-25-28-33-38-46-53-60-67-83(88)96-73-81(102-85(90)69-62-55-48-39-34-29-26-23-20-19-21-24-27-31-36-43-50-57-64-77(3)4)75-100-104(92,93)98-71-80(87)72-99-105(94,95)101-76-82(74-97-84(89)68-61-54-47-42-41-45-52-59-66-79(7)9-2)103-86(91)70-63-56-49-40-35-30-32-37-44-51-58-65-78(5)6/h77-82,87H,8-76H2,1-7H3,(H,92,93)(H,94,95)/t79?,80-,81-,82-/m1/s1. The van der Waals surface area contributed by atoms with Gasteiger partial charge in [-0.05, 0) is 43.4 Å². The van der Waals surface area contributed by atoms with Crippen molar-refractivity contribution in [2.45, 2.75) is 471 Å². The Bertz CT molecular complexity index is 2030. The highest BCUT2D eigenvalue weighted by Crippen LogP contribution is 2.45. The van der Waals surface area contributed by atoms with E-state index < -0.39 is 97.5 Å². The molecule has 3 N–H and O–H groups in total. The van der Waals surface area contributed by atoms with Gasteiger partial charge >= 0.3 is 39.5 Å². The number of phosphoric acid groups is 2. The SMILES string of the molecule is CCCCCCCCCCCCCCCCCCCCC(=O)OC[C@H](COP(=O)(O)OC[C@@H](O)COP(=O)(O)OC[C@@H](COC(=O)CCCCCCCCCCC(C)CC)OC(=O)CCCCCCCCCCCCCC(C)C)OC(=O)CCCCCCCCCCCCCCCCCCCCC(C)C. The first-order valence-corrected chi connectivity index (χ1v) is 47.4. The van der Waals surface area contributed by atoms with Gasteiger partial charge in [0.25, 0.3) is 0 Å². The zero-order chi connectivity index (χ0) is 77.2. The van der Waals surface area contributed by atoms with E-state index in [2.05, 4.69) is 48.5 Å². The van der Waals surface area contributed by atoms with Crippen molar-refractivity contribution >= 4 is 39.5 Å². The highest BCUT2D eigenvalue weighted by atomic mass is 31.2. The van der Waals surface area contributed by atoms with Crippen molar-refractivity contribution in [1.82, 2.24) is 0 Å². The van der Waals surface area contributed by atoms with Gasteiger partial charge in [-0.15, -0.1) is 0 Å². The number of esters is 4. The summed E-state index contributed by atoms with van der Waals surface area (Å²) in [5, 5.41) is 10.7. The summed E-state index contributed by atoms with van der Waals surface area (Å²) in [6, 6.07) is 0. The van der Waals surface area contributed by atoms with Crippen LogP contribution in [-0.2, 0) is 65.4 Å². The van der Waals surface area contributed by atoms with Crippen LogP contribution in [0.5, 0.6) is 0 Å². The quantitative estimate of drug-likeness (QED) is 0.0222. The first-order chi connectivity index (χ1) is 50.8. The third kappa shape index (κ3) is 78.5. The Hall–Kier alpha value is -1.94. The van der Waals surface area contributed by atoms with Crippen molar-refractivity contribution in [2.24, 2.45) is 17.8 Å². The van der Waals surface area contributed by atoms with Crippen LogP contribution in [0.3, 0.4) is 0 Å². The normalized spacial score (nSPS) is 14.1. The number of phosphoric ester groups is 2. The van der Waals surface area contributed by atoms with E-state index in [1.165, 1.54) is 263 Å². The summed E-state index contributed by atoms with van der Waals surface area (Å²) in [6.07, 6.45) is 66.6. The Morgan fingerprint density at radius 1 is 0.276 bits per heavy atom. The minimum Gasteiger partial charge on any atom is -0.462 e. The molecule has 0 bridgehead atoms. The van der Waals surface area contributed by atoms with E-state index in [1.807, 2.05) is 0 Å².